The van der Waals surface area contributed by atoms with E-state index in [0.717, 1.165) is 16.5 Å². The van der Waals surface area contributed by atoms with Gasteiger partial charge in [0.15, 0.2) is 11.5 Å². The van der Waals surface area contributed by atoms with Gasteiger partial charge in [-0.15, -0.1) is 0 Å². The summed E-state index contributed by atoms with van der Waals surface area (Å²) in [5.41, 5.74) is 1.88. The van der Waals surface area contributed by atoms with E-state index in [1.807, 2.05) is 32.9 Å². The maximum absolute atomic E-state index is 5.23. The molecule has 0 saturated carbocycles. The first-order valence-corrected chi connectivity index (χ1v) is 5.60. The summed E-state index contributed by atoms with van der Waals surface area (Å²) in [7, 11) is 3.22. The molecule has 1 aromatic carbocycles. The molecule has 0 spiro atoms. The molecule has 92 valence electrons. The van der Waals surface area contributed by atoms with E-state index in [-0.39, 0.29) is 0 Å². The molecular weight excluding hydrogens is 216 g/mol. The smallest absolute Gasteiger partial charge is 0.162 e. The molecule has 2 aromatic rings. The van der Waals surface area contributed by atoms with Crippen LogP contribution in [0.15, 0.2) is 18.3 Å². The Labute approximate surface area is 102 Å². The van der Waals surface area contributed by atoms with Crippen molar-refractivity contribution in [2.75, 3.05) is 14.2 Å². The molecule has 0 bridgehead atoms. The van der Waals surface area contributed by atoms with Gasteiger partial charge in [0.25, 0.3) is 0 Å². The zero-order chi connectivity index (χ0) is 12.8. The number of nitrogens with zero attached hydrogens (tertiary/aromatic N) is 2. The van der Waals surface area contributed by atoms with Crippen LogP contribution in [0.5, 0.6) is 11.5 Å². The van der Waals surface area contributed by atoms with Crippen molar-refractivity contribution in [1.82, 2.24) is 10.2 Å². The van der Waals surface area contributed by atoms with Crippen LogP contribution in [0.4, 0.5) is 0 Å². The van der Waals surface area contributed by atoms with Gasteiger partial charge in [0.05, 0.1) is 25.9 Å². The van der Waals surface area contributed by atoms with Crippen molar-refractivity contribution < 1.29 is 9.47 Å². The van der Waals surface area contributed by atoms with Gasteiger partial charge < -0.3 is 9.47 Å². The van der Waals surface area contributed by atoms with Crippen LogP contribution < -0.4 is 9.47 Å². The van der Waals surface area contributed by atoms with Gasteiger partial charge in [0.2, 0.25) is 0 Å². The van der Waals surface area contributed by atoms with Crippen LogP contribution in [0, 0.1) is 6.92 Å². The second kappa shape index (κ2) is 6.03. The second-order valence-electron chi connectivity index (χ2n) is 3.25. The second-order valence-corrected chi connectivity index (χ2v) is 3.25. The number of methoxy groups -OCH3 is 2. The van der Waals surface area contributed by atoms with Crippen LogP contribution in [0.25, 0.3) is 10.9 Å². The number of benzene rings is 1. The van der Waals surface area contributed by atoms with Gasteiger partial charge in [-0.1, -0.05) is 13.8 Å². The largest absolute Gasteiger partial charge is 0.493 e. The van der Waals surface area contributed by atoms with Gasteiger partial charge >= 0.3 is 0 Å². The third-order valence-corrected chi connectivity index (χ3v) is 2.34. The number of hydrogen-bond donors (Lipinski definition) is 0. The van der Waals surface area contributed by atoms with Crippen molar-refractivity contribution in [2.24, 2.45) is 0 Å². The molecule has 0 saturated heterocycles. The highest BCUT2D eigenvalue weighted by Crippen LogP contribution is 2.31. The predicted molar refractivity (Wildman–Crippen MR) is 68.7 cm³/mol. The highest BCUT2D eigenvalue weighted by Gasteiger charge is 2.08. The Hall–Kier alpha value is -1.84. The summed E-state index contributed by atoms with van der Waals surface area (Å²) >= 11 is 0. The van der Waals surface area contributed by atoms with Crippen LogP contribution in [-0.4, -0.2) is 24.4 Å². The minimum absolute atomic E-state index is 0.671. The average Bonchev–Trinajstić information content (AvgIpc) is 2.40. The van der Waals surface area contributed by atoms with Crippen molar-refractivity contribution in [1.29, 1.82) is 0 Å². The molecule has 0 amide bonds. The number of aryl methyl sites for hydroxylation is 1. The van der Waals surface area contributed by atoms with E-state index in [4.69, 9.17) is 9.47 Å². The van der Waals surface area contributed by atoms with Gasteiger partial charge in [0.1, 0.15) is 0 Å². The van der Waals surface area contributed by atoms with Crippen LogP contribution in [-0.2, 0) is 0 Å². The van der Waals surface area contributed by atoms with Crippen molar-refractivity contribution in [3.63, 3.8) is 0 Å². The molecule has 0 radical (unpaired) electrons. The zero-order valence-corrected chi connectivity index (χ0v) is 10.9. The standard InChI is InChI=1S/C11H12N2O2.C2H6/c1-7-6-12-13-9-5-11(15-3)10(14-2)4-8(7)9;1-2/h4-6H,1-3H3;1-2H3. The van der Waals surface area contributed by atoms with Gasteiger partial charge in [-0.2, -0.15) is 10.2 Å². The molecule has 0 aliphatic heterocycles. The summed E-state index contributed by atoms with van der Waals surface area (Å²) in [6.07, 6.45) is 1.73. The number of hydrogen-bond acceptors (Lipinski definition) is 4. The molecule has 4 heteroatoms. The lowest BCUT2D eigenvalue weighted by atomic mass is 10.1. The lowest BCUT2D eigenvalue weighted by Crippen LogP contribution is -1.93. The molecule has 17 heavy (non-hydrogen) atoms. The maximum Gasteiger partial charge on any atom is 0.162 e. The first-order valence-electron chi connectivity index (χ1n) is 5.60. The lowest BCUT2D eigenvalue weighted by molar-refractivity contribution is 0.355. The van der Waals surface area contributed by atoms with Crippen molar-refractivity contribution >= 4 is 10.9 Å². The fourth-order valence-corrected chi connectivity index (χ4v) is 1.51. The minimum Gasteiger partial charge on any atom is -0.493 e. The van der Waals surface area contributed by atoms with E-state index >= 15 is 0 Å². The molecule has 0 atom stereocenters. The summed E-state index contributed by atoms with van der Waals surface area (Å²) in [5, 5.41) is 8.97. The Kier molecular flexibility index (Phi) is 4.69. The predicted octanol–water partition coefficient (Wildman–Crippen LogP) is 2.98. The van der Waals surface area contributed by atoms with E-state index in [2.05, 4.69) is 10.2 Å². The molecule has 0 unspecified atom stereocenters. The topological polar surface area (TPSA) is 44.2 Å². The SMILES string of the molecule is CC.COc1cc2nncc(C)c2cc1OC. The normalized spacial score (nSPS) is 9.47. The summed E-state index contributed by atoms with van der Waals surface area (Å²) in [4.78, 5) is 0. The van der Waals surface area contributed by atoms with E-state index in [1.165, 1.54) is 0 Å². The average molecular weight is 234 g/mol. The van der Waals surface area contributed by atoms with Crippen molar-refractivity contribution in [3.8, 4) is 11.5 Å². The number of aromatic nitrogens is 2. The fraction of sp³-hybridized carbons (Fsp3) is 0.385. The summed E-state index contributed by atoms with van der Waals surface area (Å²) in [5.74, 6) is 1.38. The summed E-state index contributed by atoms with van der Waals surface area (Å²) in [6, 6.07) is 3.74. The first kappa shape index (κ1) is 13.2. The molecule has 2 rings (SSSR count). The molecule has 1 aromatic heterocycles. The van der Waals surface area contributed by atoms with Gasteiger partial charge in [-0.25, -0.2) is 0 Å². The third-order valence-electron chi connectivity index (χ3n) is 2.34. The first-order chi connectivity index (χ1) is 8.26. The quantitative estimate of drug-likeness (QED) is 0.801. The molecule has 0 N–H and O–H groups in total. The highest BCUT2D eigenvalue weighted by atomic mass is 16.5. The summed E-state index contributed by atoms with van der Waals surface area (Å²) < 4.78 is 10.4. The molecule has 0 fully saturated rings. The molecule has 4 nitrogen and oxygen atoms in total. The monoisotopic (exact) mass is 234 g/mol. The minimum atomic E-state index is 0.671. The lowest BCUT2D eigenvalue weighted by Gasteiger charge is -2.09. The van der Waals surface area contributed by atoms with Gasteiger partial charge in [-0.3, -0.25) is 0 Å². The Morgan fingerprint density at radius 2 is 1.59 bits per heavy atom. The van der Waals surface area contributed by atoms with Gasteiger partial charge in [0, 0.05) is 11.5 Å². The van der Waals surface area contributed by atoms with E-state index in [0.29, 0.717) is 11.5 Å². The Morgan fingerprint density at radius 1 is 1.00 bits per heavy atom. The van der Waals surface area contributed by atoms with Gasteiger partial charge in [-0.05, 0) is 18.6 Å². The van der Waals surface area contributed by atoms with E-state index in [1.54, 1.807) is 20.4 Å². The number of ether oxygens (including phenoxy) is 2. The van der Waals surface area contributed by atoms with Crippen molar-refractivity contribution in [3.05, 3.63) is 23.9 Å². The van der Waals surface area contributed by atoms with Crippen LogP contribution in [0.3, 0.4) is 0 Å². The highest BCUT2D eigenvalue weighted by molar-refractivity contribution is 5.84. The summed E-state index contributed by atoms with van der Waals surface area (Å²) in [6.45, 7) is 5.99. The molecule has 1 heterocycles. The number of fused-ring (bicyclic) bond motifs is 1. The fourth-order valence-electron chi connectivity index (χ4n) is 1.51. The Bertz CT molecular complexity index is 498. The molecular formula is C13H18N2O2. The molecule has 0 aliphatic rings. The zero-order valence-electron chi connectivity index (χ0n) is 10.9. The molecule has 0 aliphatic carbocycles. The van der Waals surface area contributed by atoms with Crippen LogP contribution >= 0.6 is 0 Å². The van der Waals surface area contributed by atoms with Crippen molar-refractivity contribution in [2.45, 2.75) is 20.8 Å². The Morgan fingerprint density at radius 3 is 2.18 bits per heavy atom. The number of rotatable bonds is 2. The maximum atomic E-state index is 5.23. The third kappa shape index (κ3) is 2.64. The van der Waals surface area contributed by atoms with Crippen LogP contribution in [0.1, 0.15) is 19.4 Å². The van der Waals surface area contributed by atoms with E-state index < -0.39 is 0 Å². The van der Waals surface area contributed by atoms with Crippen LogP contribution in [0.2, 0.25) is 0 Å². The Balaban J connectivity index is 0.000000686. The van der Waals surface area contributed by atoms with E-state index in [9.17, 15) is 0 Å².